The van der Waals surface area contributed by atoms with Crippen molar-refractivity contribution in [2.24, 2.45) is 5.92 Å². The van der Waals surface area contributed by atoms with Gasteiger partial charge in [0, 0.05) is 18.9 Å². The average molecular weight is 333 g/mol. The van der Waals surface area contributed by atoms with Gasteiger partial charge >= 0.3 is 0 Å². The van der Waals surface area contributed by atoms with Crippen molar-refractivity contribution in [3.05, 3.63) is 53.9 Å². The van der Waals surface area contributed by atoms with E-state index < -0.39 is 14.8 Å². The Balaban J connectivity index is 1.61. The molecule has 0 amide bonds. The summed E-state index contributed by atoms with van der Waals surface area (Å²) < 4.78 is 29.1. The summed E-state index contributed by atoms with van der Waals surface area (Å²) in [7, 11) is -3.26. The van der Waals surface area contributed by atoms with Crippen molar-refractivity contribution in [2.45, 2.75) is 44.5 Å². The number of nitrogens with zero attached hydrogens (tertiary/aromatic N) is 2. The summed E-state index contributed by atoms with van der Waals surface area (Å²) in [5.74, 6) is 0.149. The Hall–Kier alpha value is -1.66. The molecule has 1 fully saturated rings. The number of benzene rings is 1. The van der Waals surface area contributed by atoms with E-state index in [0.29, 0.717) is 6.54 Å². The highest BCUT2D eigenvalue weighted by Gasteiger charge is 2.56. The Morgan fingerprint density at radius 1 is 1.22 bits per heavy atom. The molecule has 124 valence electrons. The SMILES string of the molecule is CC(C)C1(S(=O)(=O)NCc2ccc(Cn3cccn3)cc2)CC1. The fourth-order valence-corrected chi connectivity index (χ4v) is 4.85. The van der Waals surface area contributed by atoms with Gasteiger partial charge in [0.1, 0.15) is 0 Å². The van der Waals surface area contributed by atoms with Gasteiger partial charge in [-0.05, 0) is 36.0 Å². The summed E-state index contributed by atoms with van der Waals surface area (Å²) in [6.45, 7) is 5.03. The summed E-state index contributed by atoms with van der Waals surface area (Å²) in [6.07, 6.45) is 5.21. The molecule has 3 rings (SSSR count). The molecule has 1 aromatic heterocycles. The van der Waals surface area contributed by atoms with Crippen LogP contribution < -0.4 is 4.72 Å². The largest absolute Gasteiger partial charge is 0.268 e. The molecule has 0 radical (unpaired) electrons. The zero-order valence-electron chi connectivity index (χ0n) is 13.6. The quantitative estimate of drug-likeness (QED) is 0.847. The van der Waals surface area contributed by atoms with Crippen LogP contribution in [0.25, 0.3) is 0 Å². The van der Waals surface area contributed by atoms with Crippen LogP contribution in [0.15, 0.2) is 42.7 Å². The van der Waals surface area contributed by atoms with Gasteiger partial charge < -0.3 is 0 Å². The molecule has 6 heteroatoms. The second-order valence-electron chi connectivity index (χ2n) is 6.56. The first-order valence-electron chi connectivity index (χ1n) is 7.97. The Morgan fingerprint density at radius 2 is 1.87 bits per heavy atom. The van der Waals surface area contributed by atoms with Crippen molar-refractivity contribution in [1.82, 2.24) is 14.5 Å². The van der Waals surface area contributed by atoms with Crippen LogP contribution in [0.3, 0.4) is 0 Å². The minimum absolute atomic E-state index is 0.149. The third-order valence-electron chi connectivity index (χ3n) is 4.72. The standard InChI is InChI=1S/C17H23N3O2S/c1-14(2)17(8-9-17)23(21,22)19-12-15-4-6-16(7-5-15)13-20-11-3-10-18-20/h3-7,10-11,14,19H,8-9,12-13H2,1-2H3. The number of aromatic nitrogens is 2. The van der Waals surface area contributed by atoms with E-state index in [-0.39, 0.29) is 5.92 Å². The minimum atomic E-state index is -3.26. The fraction of sp³-hybridized carbons (Fsp3) is 0.471. The lowest BCUT2D eigenvalue weighted by Gasteiger charge is -2.20. The molecule has 1 saturated carbocycles. The Morgan fingerprint density at radius 3 is 2.39 bits per heavy atom. The number of nitrogens with one attached hydrogen (secondary N) is 1. The van der Waals surface area contributed by atoms with Gasteiger partial charge in [-0.15, -0.1) is 0 Å². The predicted molar refractivity (Wildman–Crippen MR) is 90.3 cm³/mol. The molecule has 1 aliphatic rings. The Bertz CT molecular complexity index is 746. The van der Waals surface area contributed by atoms with Crippen LogP contribution in [0, 0.1) is 5.92 Å². The van der Waals surface area contributed by atoms with E-state index in [9.17, 15) is 8.42 Å². The van der Waals surface area contributed by atoms with Crippen molar-refractivity contribution in [3.8, 4) is 0 Å². The summed E-state index contributed by atoms with van der Waals surface area (Å²) in [5.41, 5.74) is 2.11. The predicted octanol–water partition coefficient (Wildman–Crippen LogP) is 2.54. The van der Waals surface area contributed by atoms with E-state index in [0.717, 1.165) is 30.5 Å². The van der Waals surface area contributed by atoms with Crippen LogP contribution in [-0.2, 0) is 23.1 Å². The lowest BCUT2D eigenvalue weighted by Crippen LogP contribution is -2.39. The van der Waals surface area contributed by atoms with Crippen LogP contribution in [0.1, 0.15) is 37.8 Å². The summed E-state index contributed by atoms with van der Waals surface area (Å²) in [6, 6.07) is 9.86. The van der Waals surface area contributed by atoms with Gasteiger partial charge in [0.05, 0.1) is 11.3 Å². The zero-order chi connectivity index (χ0) is 16.5. The highest BCUT2D eigenvalue weighted by Crippen LogP contribution is 2.48. The van der Waals surface area contributed by atoms with Gasteiger partial charge in [0.15, 0.2) is 0 Å². The van der Waals surface area contributed by atoms with Gasteiger partial charge in [-0.1, -0.05) is 38.1 Å². The van der Waals surface area contributed by atoms with Crippen LogP contribution >= 0.6 is 0 Å². The monoisotopic (exact) mass is 333 g/mol. The molecule has 0 saturated heterocycles. The minimum Gasteiger partial charge on any atom is -0.268 e. The molecule has 2 aromatic rings. The van der Waals surface area contributed by atoms with Crippen molar-refractivity contribution < 1.29 is 8.42 Å². The first kappa shape index (κ1) is 16.2. The molecule has 1 N–H and O–H groups in total. The second-order valence-corrected chi connectivity index (χ2v) is 8.67. The van der Waals surface area contributed by atoms with Crippen molar-refractivity contribution in [1.29, 1.82) is 0 Å². The van der Waals surface area contributed by atoms with E-state index in [1.807, 2.05) is 55.1 Å². The van der Waals surface area contributed by atoms with Gasteiger partial charge in [-0.25, -0.2) is 13.1 Å². The van der Waals surface area contributed by atoms with Gasteiger partial charge in [0.2, 0.25) is 10.0 Å². The highest BCUT2D eigenvalue weighted by atomic mass is 32.2. The highest BCUT2D eigenvalue weighted by molar-refractivity contribution is 7.91. The van der Waals surface area contributed by atoms with E-state index in [1.54, 1.807) is 6.20 Å². The Labute approximate surface area is 137 Å². The van der Waals surface area contributed by atoms with Gasteiger partial charge in [0.25, 0.3) is 0 Å². The van der Waals surface area contributed by atoms with E-state index in [2.05, 4.69) is 9.82 Å². The maximum atomic E-state index is 12.5. The summed E-state index contributed by atoms with van der Waals surface area (Å²) in [5, 5.41) is 4.18. The fourth-order valence-electron chi connectivity index (χ4n) is 2.95. The molecule has 0 unspecified atom stereocenters. The van der Waals surface area contributed by atoms with Crippen LogP contribution in [0.5, 0.6) is 0 Å². The molecule has 1 aliphatic carbocycles. The van der Waals surface area contributed by atoms with Gasteiger partial charge in [-0.3, -0.25) is 4.68 Å². The summed E-state index contributed by atoms with van der Waals surface area (Å²) >= 11 is 0. The molecule has 0 bridgehead atoms. The number of hydrogen-bond donors (Lipinski definition) is 1. The molecule has 1 heterocycles. The third-order valence-corrected chi connectivity index (χ3v) is 7.20. The molecule has 0 atom stereocenters. The molecule has 1 aromatic carbocycles. The third kappa shape index (κ3) is 3.33. The van der Waals surface area contributed by atoms with Gasteiger partial charge in [-0.2, -0.15) is 5.10 Å². The second kappa shape index (κ2) is 6.09. The van der Waals surface area contributed by atoms with Crippen LogP contribution in [-0.4, -0.2) is 22.9 Å². The van der Waals surface area contributed by atoms with Crippen molar-refractivity contribution in [2.75, 3.05) is 0 Å². The van der Waals surface area contributed by atoms with E-state index in [4.69, 9.17) is 0 Å². The molecular formula is C17H23N3O2S. The smallest absolute Gasteiger partial charge is 0.217 e. The topological polar surface area (TPSA) is 64.0 Å². The average Bonchev–Trinajstić information content (AvgIpc) is 3.21. The molecule has 5 nitrogen and oxygen atoms in total. The summed E-state index contributed by atoms with van der Waals surface area (Å²) in [4.78, 5) is 0. The maximum absolute atomic E-state index is 12.5. The number of hydrogen-bond acceptors (Lipinski definition) is 3. The lowest BCUT2D eigenvalue weighted by molar-refractivity contribution is 0.511. The van der Waals surface area contributed by atoms with Crippen LogP contribution in [0.2, 0.25) is 0 Å². The van der Waals surface area contributed by atoms with Crippen LogP contribution in [0.4, 0.5) is 0 Å². The molecule has 0 spiro atoms. The van der Waals surface area contributed by atoms with E-state index in [1.165, 1.54) is 0 Å². The zero-order valence-corrected chi connectivity index (χ0v) is 14.4. The first-order chi connectivity index (χ1) is 10.9. The number of sulfonamides is 1. The van der Waals surface area contributed by atoms with E-state index >= 15 is 0 Å². The maximum Gasteiger partial charge on any atom is 0.217 e. The van der Waals surface area contributed by atoms with Crippen molar-refractivity contribution in [3.63, 3.8) is 0 Å². The van der Waals surface area contributed by atoms with Crippen molar-refractivity contribution >= 4 is 10.0 Å². The Kier molecular flexibility index (Phi) is 4.29. The normalized spacial score (nSPS) is 16.7. The first-order valence-corrected chi connectivity index (χ1v) is 9.46. The molecule has 0 aliphatic heterocycles. The molecular weight excluding hydrogens is 310 g/mol. The number of rotatable bonds is 7. The lowest BCUT2D eigenvalue weighted by atomic mass is 10.1. The molecule has 23 heavy (non-hydrogen) atoms.